The lowest BCUT2D eigenvalue weighted by Crippen LogP contribution is -2.38. The lowest BCUT2D eigenvalue weighted by Gasteiger charge is -2.24. The highest BCUT2D eigenvalue weighted by Gasteiger charge is 2.29. The Kier molecular flexibility index (Phi) is 5.70. The molecular formula is C17H22N4O4S. The van der Waals surface area contributed by atoms with Crippen molar-refractivity contribution in [2.75, 3.05) is 20.3 Å². The first-order valence-electron chi connectivity index (χ1n) is 8.39. The number of hydrogen-bond acceptors (Lipinski definition) is 5. The molecular weight excluding hydrogens is 356 g/mol. The van der Waals surface area contributed by atoms with E-state index in [0.29, 0.717) is 24.4 Å². The second-order valence-corrected chi connectivity index (χ2v) is 7.95. The van der Waals surface area contributed by atoms with Gasteiger partial charge < -0.3 is 9.64 Å². The van der Waals surface area contributed by atoms with Crippen LogP contribution in [0.1, 0.15) is 28.9 Å². The molecule has 1 saturated heterocycles. The number of hydrogen-bond donors (Lipinski definition) is 2. The number of aromatic amines is 1. The highest BCUT2D eigenvalue weighted by molar-refractivity contribution is 7.89. The summed E-state index contributed by atoms with van der Waals surface area (Å²) in [6, 6.07) is 7.83. The minimum Gasteiger partial charge on any atom is -0.383 e. The number of ether oxygens (including phenoxy) is 1. The third kappa shape index (κ3) is 4.12. The molecule has 9 heteroatoms. The van der Waals surface area contributed by atoms with Gasteiger partial charge in [0.2, 0.25) is 10.0 Å². The van der Waals surface area contributed by atoms with Crippen molar-refractivity contribution in [2.24, 2.45) is 0 Å². The summed E-state index contributed by atoms with van der Waals surface area (Å²) < 4.78 is 32.7. The van der Waals surface area contributed by atoms with Crippen LogP contribution in [0.5, 0.6) is 0 Å². The van der Waals surface area contributed by atoms with Crippen molar-refractivity contribution in [1.29, 1.82) is 0 Å². The summed E-state index contributed by atoms with van der Waals surface area (Å²) in [4.78, 5) is 14.6. The number of aromatic nitrogens is 2. The SMILES string of the molecule is COC[C@@H]1CCCN1C(=O)c1cccc(S(=O)(=O)NCc2ccn[nH]2)c1. The predicted octanol–water partition coefficient (Wildman–Crippen LogP) is 1.14. The molecule has 2 heterocycles. The normalized spacial score (nSPS) is 17.6. The maximum absolute atomic E-state index is 12.8. The van der Waals surface area contributed by atoms with E-state index in [2.05, 4.69) is 14.9 Å². The van der Waals surface area contributed by atoms with Gasteiger partial charge in [0, 0.05) is 25.4 Å². The molecule has 1 aromatic carbocycles. The molecule has 2 N–H and O–H groups in total. The Morgan fingerprint density at radius 1 is 1.42 bits per heavy atom. The van der Waals surface area contributed by atoms with Crippen LogP contribution in [0.2, 0.25) is 0 Å². The van der Waals surface area contributed by atoms with E-state index in [-0.39, 0.29) is 23.4 Å². The number of amides is 1. The van der Waals surface area contributed by atoms with Gasteiger partial charge in [-0.25, -0.2) is 13.1 Å². The minimum absolute atomic E-state index is 0.0336. The average Bonchev–Trinajstić information content (AvgIpc) is 3.32. The molecule has 1 fully saturated rings. The van der Waals surface area contributed by atoms with E-state index in [1.165, 1.54) is 12.1 Å². The fraction of sp³-hybridized carbons (Fsp3) is 0.412. The molecule has 0 spiro atoms. The van der Waals surface area contributed by atoms with Crippen molar-refractivity contribution in [3.8, 4) is 0 Å². The molecule has 0 aliphatic carbocycles. The molecule has 26 heavy (non-hydrogen) atoms. The van der Waals surface area contributed by atoms with Crippen molar-refractivity contribution >= 4 is 15.9 Å². The van der Waals surface area contributed by atoms with E-state index in [9.17, 15) is 13.2 Å². The fourth-order valence-electron chi connectivity index (χ4n) is 3.07. The quantitative estimate of drug-likeness (QED) is 0.752. The van der Waals surface area contributed by atoms with Gasteiger partial charge in [-0.2, -0.15) is 5.10 Å². The largest absolute Gasteiger partial charge is 0.383 e. The number of methoxy groups -OCH3 is 1. The first-order chi connectivity index (χ1) is 12.5. The molecule has 1 aliphatic rings. The molecule has 3 rings (SSSR count). The molecule has 0 bridgehead atoms. The Morgan fingerprint density at radius 3 is 3.00 bits per heavy atom. The standard InChI is InChI=1S/C17H22N4O4S/c1-25-12-15-5-3-9-21(15)17(22)13-4-2-6-16(10-13)26(23,24)19-11-14-7-8-18-20-14/h2,4,6-8,10,15,19H,3,5,9,11-12H2,1H3,(H,18,20)/t15-/m0/s1. The first-order valence-corrected chi connectivity index (χ1v) is 9.87. The third-order valence-corrected chi connectivity index (χ3v) is 5.80. The van der Waals surface area contributed by atoms with Crippen LogP contribution < -0.4 is 4.72 Å². The Hall–Kier alpha value is -2.23. The van der Waals surface area contributed by atoms with Crippen LogP contribution in [0.25, 0.3) is 0 Å². The van der Waals surface area contributed by atoms with Gasteiger partial charge in [0.15, 0.2) is 0 Å². The molecule has 0 unspecified atom stereocenters. The predicted molar refractivity (Wildman–Crippen MR) is 95.0 cm³/mol. The summed E-state index contributed by atoms with van der Waals surface area (Å²) in [7, 11) is -2.12. The van der Waals surface area contributed by atoms with E-state index >= 15 is 0 Å². The number of likely N-dealkylation sites (tertiary alicyclic amines) is 1. The van der Waals surface area contributed by atoms with E-state index < -0.39 is 10.0 Å². The van der Waals surface area contributed by atoms with Crippen molar-refractivity contribution in [3.63, 3.8) is 0 Å². The Bertz CT molecular complexity index is 851. The highest BCUT2D eigenvalue weighted by atomic mass is 32.2. The molecule has 1 amide bonds. The van der Waals surface area contributed by atoms with Gasteiger partial charge in [-0.3, -0.25) is 9.89 Å². The van der Waals surface area contributed by atoms with E-state index in [0.717, 1.165) is 12.8 Å². The summed E-state index contributed by atoms with van der Waals surface area (Å²) in [6.07, 6.45) is 3.36. The molecule has 0 radical (unpaired) electrons. The second kappa shape index (κ2) is 7.98. The highest BCUT2D eigenvalue weighted by Crippen LogP contribution is 2.21. The molecule has 1 atom stereocenters. The van der Waals surface area contributed by atoms with Gasteiger partial charge >= 0.3 is 0 Å². The number of carbonyl (C=O) groups excluding carboxylic acids is 1. The summed E-state index contributed by atoms with van der Waals surface area (Å²) in [5.74, 6) is -0.171. The van der Waals surface area contributed by atoms with Crippen LogP contribution in [0, 0.1) is 0 Å². The van der Waals surface area contributed by atoms with Crippen molar-refractivity contribution in [1.82, 2.24) is 19.8 Å². The summed E-state index contributed by atoms with van der Waals surface area (Å²) in [5.41, 5.74) is 1.01. The minimum atomic E-state index is -3.73. The molecule has 8 nitrogen and oxygen atoms in total. The summed E-state index contributed by atoms with van der Waals surface area (Å²) in [6.45, 7) is 1.24. The lowest BCUT2D eigenvalue weighted by atomic mass is 10.2. The number of benzene rings is 1. The molecule has 2 aromatic rings. The molecule has 1 aliphatic heterocycles. The van der Waals surface area contributed by atoms with E-state index in [4.69, 9.17) is 4.74 Å². The Morgan fingerprint density at radius 2 is 2.27 bits per heavy atom. The van der Waals surface area contributed by atoms with Crippen molar-refractivity contribution in [2.45, 2.75) is 30.3 Å². The number of sulfonamides is 1. The smallest absolute Gasteiger partial charge is 0.254 e. The van der Waals surface area contributed by atoms with Crippen LogP contribution in [0.4, 0.5) is 0 Å². The maximum Gasteiger partial charge on any atom is 0.254 e. The number of H-pyrrole nitrogens is 1. The van der Waals surface area contributed by atoms with E-state index in [1.54, 1.807) is 36.4 Å². The Balaban J connectivity index is 1.75. The van der Waals surface area contributed by atoms with Crippen LogP contribution in [0.3, 0.4) is 0 Å². The molecule has 0 saturated carbocycles. The zero-order valence-electron chi connectivity index (χ0n) is 14.5. The van der Waals surface area contributed by atoms with Gasteiger partial charge in [-0.05, 0) is 37.1 Å². The van der Waals surface area contributed by atoms with Crippen molar-refractivity contribution in [3.05, 3.63) is 47.8 Å². The average molecular weight is 378 g/mol. The van der Waals surface area contributed by atoms with Gasteiger partial charge in [0.1, 0.15) is 0 Å². The zero-order valence-corrected chi connectivity index (χ0v) is 15.3. The summed E-state index contributed by atoms with van der Waals surface area (Å²) >= 11 is 0. The van der Waals surface area contributed by atoms with Gasteiger partial charge in [-0.1, -0.05) is 6.07 Å². The topological polar surface area (TPSA) is 104 Å². The van der Waals surface area contributed by atoms with Gasteiger partial charge in [0.25, 0.3) is 5.91 Å². The van der Waals surface area contributed by atoms with E-state index in [1.807, 2.05) is 0 Å². The van der Waals surface area contributed by atoms with Crippen LogP contribution in [0.15, 0.2) is 41.4 Å². The maximum atomic E-state index is 12.8. The lowest BCUT2D eigenvalue weighted by molar-refractivity contribution is 0.0630. The number of rotatable bonds is 7. The van der Waals surface area contributed by atoms with Gasteiger partial charge in [0.05, 0.1) is 29.8 Å². The fourth-order valence-corrected chi connectivity index (χ4v) is 4.12. The number of nitrogens with one attached hydrogen (secondary N) is 2. The molecule has 140 valence electrons. The monoisotopic (exact) mass is 378 g/mol. The second-order valence-electron chi connectivity index (χ2n) is 6.18. The van der Waals surface area contributed by atoms with Crippen LogP contribution >= 0.6 is 0 Å². The number of nitrogens with zero attached hydrogens (tertiary/aromatic N) is 2. The first kappa shape index (κ1) is 18.6. The van der Waals surface area contributed by atoms with Crippen molar-refractivity contribution < 1.29 is 17.9 Å². The summed E-state index contributed by atoms with van der Waals surface area (Å²) in [5, 5.41) is 6.47. The molecule has 1 aromatic heterocycles. The van der Waals surface area contributed by atoms with Crippen LogP contribution in [-0.4, -0.2) is 55.7 Å². The third-order valence-electron chi connectivity index (χ3n) is 4.40. The van der Waals surface area contributed by atoms with Crippen LogP contribution in [-0.2, 0) is 21.3 Å². The Labute approximate surface area is 152 Å². The number of carbonyl (C=O) groups is 1. The van der Waals surface area contributed by atoms with Gasteiger partial charge in [-0.15, -0.1) is 0 Å². The zero-order chi connectivity index (χ0) is 18.6.